The topological polar surface area (TPSA) is 63.2 Å². The van der Waals surface area contributed by atoms with Crippen molar-refractivity contribution in [1.82, 2.24) is 5.32 Å². The molecule has 0 aliphatic rings. The lowest BCUT2D eigenvalue weighted by atomic mass is 10.3. The average molecular weight is 412 g/mol. The monoisotopic (exact) mass is 411 g/mol. The van der Waals surface area contributed by atoms with Crippen molar-refractivity contribution in [3.8, 4) is 0 Å². The smallest absolute Gasteiger partial charge is 0.261 e. The number of benzene rings is 1. The van der Waals surface area contributed by atoms with Gasteiger partial charge in [0.1, 0.15) is 5.25 Å². The van der Waals surface area contributed by atoms with Gasteiger partial charge in [-0.25, -0.2) is 8.42 Å². The highest BCUT2D eigenvalue weighted by Gasteiger charge is 2.30. The summed E-state index contributed by atoms with van der Waals surface area (Å²) in [6.45, 7) is 0.00219. The van der Waals surface area contributed by atoms with Crippen molar-refractivity contribution >= 4 is 50.0 Å². The maximum Gasteiger partial charge on any atom is 0.261 e. The van der Waals surface area contributed by atoms with E-state index in [1.165, 1.54) is 34.8 Å². The summed E-state index contributed by atoms with van der Waals surface area (Å²) in [5.74, 6) is -0.275. The molecule has 8 heteroatoms. The first-order valence-electron chi connectivity index (χ1n) is 7.33. The number of sulfone groups is 1. The molecule has 2 aromatic heterocycles. The van der Waals surface area contributed by atoms with Crippen LogP contribution in [0.2, 0.25) is 5.02 Å². The van der Waals surface area contributed by atoms with E-state index < -0.39 is 15.1 Å². The van der Waals surface area contributed by atoms with E-state index in [2.05, 4.69) is 5.32 Å². The van der Waals surface area contributed by atoms with Crippen LogP contribution in [-0.2, 0) is 9.84 Å². The fourth-order valence-electron chi connectivity index (χ4n) is 2.31. The van der Waals surface area contributed by atoms with Crippen molar-refractivity contribution < 1.29 is 13.2 Å². The van der Waals surface area contributed by atoms with Crippen molar-refractivity contribution in [2.24, 2.45) is 0 Å². The third-order valence-electron chi connectivity index (χ3n) is 3.57. The molecule has 0 saturated carbocycles. The second kappa shape index (κ2) is 7.70. The van der Waals surface area contributed by atoms with Crippen LogP contribution in [0.1, 0.15) is 19.8 Å². The van der Waals surface area contributed by atoms with E-state index in [9.17, 15) is 13.2 Å². The zero-order valence-electron chi connectivity index (χ0n) is 12.9. The Morgan fingerprint density at radius 2 is 1.72 bits per heavy atom. The van der Waals surface area contributed by atoms with E-state index in [4.69, 9.17) is 11.6 Å². The Balaban J connectivity index is 1.87. The molecule has 1 atom stereocenters. The largest absolute Gasteiger partial charge is 0.350 e. The van der Waals surface area contributed by atoms with Gasteiger partial charge in [0.15, 0.2) is 9.84 Å². The van der Waals surface area contributed by atoms with Gasteiger partial charge >= 0.3 is 0 Å². The number of halogens is 1. The molecule has 1 amide bonds. The van der Waals surface area contributed by atoms with Crippen LogP contribution in [0.4, 0.5) is 0 Å². The summed E-state index contributed by atoms with van der Waals surface area (Å²) >= 11 is 8.52. The molecule has 2 heterocycles. The SMILES string of the molecule is O=C(NC[C@@H](c1cccs1)S(=O)(=O)c1ccc(Cl)cc1)c1cccs1. The van der Waals surface area contributed by atoms with E-state index in [1.54, 1.807) is 41.8 Å². The third-order valence-corrected chi connectivity index (χ3v) is 7.92. The van der Waals surface area contributed by atoms with Crippen molar-refractivity contribution in [3.05, 3.63) is 74.1 Å². The van der Waals surface area contributed by atoms with Crippen LogP contribution in [0.25, 0.3) is 0 Å². The number of carbonyl (C=O) groups excluding carboxylic acids is 1. The summed E-state index contributed by atoms with van der Waals surface area (Å²) in [7, 11) is -3.66. The number of amides is 1. The minimum absolute atomic E-state index is 0.00219. The highest BCUT2D eigenvalue weighted by Crippen LogP contribution is 2.32. The second-order valence-electron chi connectivity index (χ2n) is 5.19. The third kappa shape index (κ3) is 4.12. The van der Waals surface area contributed by atoms with Crippen LogP contribution in [0.15, 0.2) is 64.2 Å². The van der Waals surface area contributed by atoms with Crippen molar-refractivity contribution in [1.29, 1.82) is 0 Å². The molecule has 0 radical (unpaired) electrons. The molecule has 4 nitrogen and oxygen atoms in total. The lowest BCUT2D eigenvalue weighted by Gasteiger charge is -2.17. The standard InChI is InChI=1S/C17H14ClNO3S3/c18-12-5-7-13(8-6-12)25(21,22)16(14-3-1-9-23-14)11-19-17(20)15-4-2-10-24-15/h1-10,16H,11H2,(H,19,20)/t16-/m0/s1. The molecule has 3 aromatic rings. The predicted molar refractivity (Wildman–Crippen MR) is 102 cm³/mol. The lowest BCUT2D eigenvalue weighted by Crippen LogP contribution is -2.31. The van der Waals surface area contributed by atoms with Crippen LogP contribution in [-0.4, -0.2) is 20.9 Å². The van der Waals surface area contributed by atoms with Crippen molar-refractivity contribution in [2.75, 3.05) is 6.54 Å². The first-order chi connectivity index (χ1) is 12.0. The van der Waals surface area contributed by atoms with Crippen molar-refractivity contribution in [3.63, 3.8) is 0 Å². The quantitative estimate of drug-likeness (QED) is 0.653. The normalized spacial score (nSPS) is 12.7. The summed E-state index contributed by atoms with van der Waals surface area (Å²) in [6.07, 6.45) is 0. The Morgan fingerprint density at radius 3 is 2.32 bits per heavy atom. The number of hydrogen-bond donors (Lipinski definition) is 1. The van der Waals surface area contributed by atoms with Gasteiger partial charge < -0.3 is 5.32 Å². The van der Waals surface area contributed by atoms with Gasteiger partial charge in [-0.1, -0.05) is 23.7 Å². The Hall–Kier alpha value is -1.67. The minimum Gasteiger partial charge on any atom is -0.350 e. The van der Waals surface area contributed by atoms with Gasteiger partial charge in [0.05, 0.1) is 9.77 Å². The van der Waals surface area contributed by atoms with Crippen LogP contribution in [0, 0.1) is 0 Å². The van der Waals surface area contributed by atoms with Crippen LogP contribution < -0.4 is 5.32 Å². The first kappa shape index (κ1) is 18.1. The Kier molecular flexibility index (Phi) is 5.58. The van der Waals surface area contributed by atoms with Crippen LogP contribution in [0.3, 0.4) is 0 Å². The summed E-state index contributed by atoms with van der Waals surface area (Å²) in [5, 5.41) is 5.98. The molecular formula is C17H14ClNO3S3. The van der Waals surface area contributed by atoms with Gasteiger partial charge in [0.2, 0.25) is 0 Å². The molecule has 25 heavy (non-hydrogen) atoms. The zero-order chi connectivity index (χ0) is 17.9. The summed E-state index contributed by atoms with van der Waals surface area (Å²) in [5.41, 5.74) is 0. The second-order valence-corrected chi connectivity index (χ2v) is 9.68. The van der Waals surface area contributed by atoms with Gasteiger partial charge in [0, 0.05) is 16.4 Å². The molecule has 0 bridgehead atoms. The molecule has 130 valence electrons. The molecular weight excluding hydrogens is 398 g/mol. The zero-order valence-corrected chi connectivity index (χ0v) is 16.1. The van der Waals surface area contributed by atoms with Crippen LogP contribution >= 0.6 is 34.3 Å². The van der Waals surface area contributed by atoms with Crippen molar-refractivity contribution in [2.45, 2.75) is 10.1 Å². The average Bonchev–Trinajstić information content (AvgIpc) is 3.29. The molecule has 1 N–H and O–H groups in total. The maximum atomic E-state index is 13.1. The van der Waals surface area contributed by atoms with E-state index >= 15 is 0 Å². The van der Waals surface area contributed by atoms with E-state index in [0.717, 1.165) is 0 Å². The Bertz CT molecular complexity index is 934. The van der Waals surface area contributed by atoms with E-state index in [-0.39, 0.29) is 17.3 Å². The highest BCUT2D eigenvalue weighted by atomic mass is 35.5. The lowest BCUT2D eigenvalue weighted by molar-refractivity contribution is 0.0958. The summed E-state index contributed by atoms with van der Waals surface area (Å²) in [4.78, 5) is 13.6. The van der Waals surface area contributed by atoms with Crippen LogP contribution in [0.5, 0.6) is 0 Å². The Labute approximate surface area is 159 Å². The van der Waals surface area contributed by atoms with E-state index in [1.807, 2.05) is 5.38 Å². The van der Waals surface area contributed by atoms with E-state index in [0.29, 0.717) is 14.8 Å². The molecule has 0 aliphatic carbocycles. The fourth-order valence-corrected chi connectivity index (χ4v) is 5.86. The Morgan fingerprint density at radius 1 is 1.04 bits per heavy atom. The minimum atomic E-state index is -3.66. The molecule has 0 saturated heterocycles. The van der Waals surface area contributed by atoms with Gasteiger partial charge in [-0.2, -0.15) is 0 Å². The van der Waals surface area contributed by atoms with Gasteiger partial charge in [-0.05, 0) is 47.2 Å². The molecule has 3 rings (SSSR count). The summed E-state index contributed by atoms with van der Waals surface area (Å²) in [6, 6.07) is 13.1. The number of carbonyl (C=O) groups is 1. The molecule has 0 aliphatic heterocycles. The van der Waals surface area contributed by atoms with Gasteiger partial charge in [-0.15, -0.1) is 22.7 Å². The molecule has 0 spiro atoms. The fraction of sp³-hybridized carbons (Fsp3) is 0.118. The molecule has 1 aromatic carbocycles. The first-order valence-corrected chi connectivity index (χ1v) is 11.0. The predicted octanol–water partition coefficient (Wildman–Crippen LogP) is 4.41. The number of nitrogens with one attached hydrogen (secondary N) is 1. The number of hydrogen-bond acceptors (Lipinski definition) is 5. The molecule has 0 unspecified atom stereocenters. The summed E-state index contributed by atoms with van der Waals surface area (Å²) < 4.78 is 26.1. The number of thiophene rings is 2. The highest BCUT2D eigenvalue weighted by molar-refractivity contribution is 7.91. The molecule has 0 fully saturated rings. The van der Waals surface area contributed by atoms with Gasteiger partial charge in [0.25, 0.3) is 5.91 Å². The number of rotatable bonds is 6. The van der Waals surface area contributed by atoms with Gasteiger partial charge in [-0.3, -0.25) is 4.79 Å². The maximum absolute atomic E-state index is 13.1.